The maximum atomic E-state index is 12.9. The van der Waals surface area contributed by atoms with Crippen LogP contribution in [0, 0.1) is 5.92 Å². The third-order valence-electron chi connectivity index (χ3n) is 5.17. The molecular weight excluding hydrogens is 428 g/mol. The van der Waals surface area contributed by atoms with Gasteiger partial charge in [-0.25, -0.2) is 4.99 Å². The van der Waals surface area contributed by atoms with E-state index >= 15 is 0 Å². The van der Waals surface area contributed by atoms with Gasteiger partial charge in [-0.2, -0.15) is 11.8 Å². The Morgan fingerprint density at radius 2 is 1.91 bits per heavy atom. The zero-order valence-electron chi connectivity index (χ0n) is 20.2. The van der Waals surface area contributed by atoms with E-state index in [1.54, 1.807) is 18.7 Å². The fourth-order valence-corrected chi connectivity index (χ4v) is 4.31. The van der Waals surface area contributed by atoms with Crippen molar-refractivity contribution >= 4 is 36.0 Å². The molecule has 1 aliphatic carbocycles. The van der Waals surface area contributed by atoms with E-state index in [-0.39, 0.29) is 23.8 Å². The smallest absolute Gasteiger partial charge is 0.238 e. The zero-order chi connectivity index (χ0) is 23.8. The number of ketones is 1. The molecule has 2 aliphatic rings. The molecule has 0 aromatic carbocycles. The monoisotopic (exact) mass is 470 g/mol. The van der Waals surface area contributed by atoms with Gasteiger partial charge in [0.15, 0.2) is 0 Å². The summed E-state index contributed by atoms with van der Waals surface area (Å²) < 4.78 is 5.41. The van der Waals surface area contributed by atoms with Crippen LogP contribution in [-0.4, -0.2) is 73.7 Å². The summed E-state index contributed by atoms with van der Waals surface area (Å²) >= 11 is 1.80. The highest BCUT2D eigenvalue weighted by Crippen LogP contribution is 2.32. The van der Waals surface area contributed by atoms with Crippen molar-refractivity contribution in [1.29, 1.82) is 0 Å². The van der Waals surface area contributed by atoms with Crippen LogP contribution in [0.15, 0.2) is 10.1 Å². The second-order valence-electron chi connectivity index (χ2n) is 7.94. The molecule has 2 atom stereocenters. The number of nitrogens with one attached hydrogen (secondary N) is 2. The predicted octanol–water partition coefficient (Wildman–Crippen LogP) is 3.20. The summed E-state index contributed by atoms with van der Waals surface area (Å²) in [5.41, 5.74) is 0. The van der Waals surface area contributed by atoms with Gasteiger partial charge in [-0.3, -0.25) is 9.59 Å². The first-order chi connectivity index (χ1) is 15.5. The SMILES string of the molecule is C=N/C(=N\OCCCC)C(=O)C(C)NC(=O)C(CSCC1CC1)NC1CCOCC1.CC. The highest BCUT2D eigenvalue weighted by molar-refractivity contribution is 7.99. The second kappa shape index (κ2) is 17.1. The molecule has 0 aromatic heterocycles. The Morgan fingerprint density at radius 1 is 1.22 bits per heavy atom. The number of thioether (sulfide) groups is 1. The van der Waals surface area contributed by atoms with Crippen LogP contribution in [0.2, 0.25) is 0 Å². The molecule has 8 nitrogen and oxygen atoms in total. The van der Waals surface area contributed by atoms with E-state index in [1.165, 1.54) is 12.8 Å². The predicted molar refractivity (Wildman–Crippen MR) is 133 cm³/mol. The summed E-state index contributed by atoms with van der Waals surface area (Å²) in [5.74, 6) is 1.86. The van der Waals surface area contributed by atoms with Gasteiger partial charge in [0, 0.05) is 25.0 Å². The Bertz CT molecular complexity index is 593. The van der Waals surface area contributed by atoms with E-state index in [1.807, 2.05) is 20.8 Å². The molecule has 2 fully saturated rings. The van der Waals surface area contributed by atoms with Crippen molar-refractivity contribution in [1.82, 2.24) is 10.6 Å². The van der Waals surface area contributed by atoms with Crippen LogP contribution in [0.25, 0.3) is 0 Å². The van der Waals surface area contributed by atoms with Crippen LogP contribution < -0.4 is 10.6 Å². The fraction of sp³-hybridized carbons (Fsp3) is 0.826. The topological polar surface area (TPSA) is 101 Å². The molecule has 2 rings (SSSR count). The zero-order valence-corrected chi connectivity index (χ0v) is 21.0. The van der Waals surface area contributed by atoms with E-state index in [0.717, 1.165) is 37.4 Å². The largest absolute Gasteiger partial charge is 0.394 e. The van der Waals surface area contributed by atoms with Gasteiger partial charge in [0.25, 0.3) is 0 Å². The molecule has 0 aromatic rings. The third-order valence-corrected chi connectivity index (χ3v) is 6.45. The maximum Gasteiger partial charge on any atom is 0.238 e. The van der Waals surface area contributed by atoms with Gasteiger partial charge in [0.1, 0.15) is 6.61 Å². The Morgan fingerprint density at radius 3 is 2.50 bits per heavy atom. The van der Waals surface area contributed by atoms with Crippen molar-refractivity contribution in [2.75, 3.05) is 31.3 Å². The quantitative estimate of drug-likeness (QED) is 0.175. The van der Waals surface area contributed by atoms with Gasteiger partial charge < -0.3 is 20.2 Å². The van der Waals surface area contributed by atoms with Gasteiger partial charge in [-0.1, -0.05) is 32.3 Å². The summed E-state index contributed by atoms with van der Waals surface area (Å²) in [6.07, 6.45) is 6.16. The normalized spacial score (nSPS) is 18.7. The molecule has 9 heteroatoms. The Labute approximate surface area is 197 Å². The van der Waals surface area contributed by atoms with Crippen molar-refractivity contribution in [3.8, 4) is 0 Å². The number of carbonyl (C=O) groups excluding carboxylic acids is 2. The standard InChI is InChI=1S/C21H36N4O4S.C2H6/c1-4-5-10-29-25-20(22-3)19(26)15(2)23-21(27)18(14-30-13-16-6-7-16)24-17-8-11-28-12-9-17;1-2/h15-18,24H,3-14H2,1-2H3,(H,23,27);1-2H3/b25-20-;. The van der Waals surface area contributed by atoms with Gasteiger partial charge in [-0.05, 0) is 57.4 Å². The molecule has 1 saturated carbocycles. The number of amides is 1. The number of aliphatic imine (C=N–C) groups is 1. The first-order valence-corrected chi connectivity index (χ1v) is 13.1. The van der Waals surface area contributed by atoms with E-state index in [9.17, 15) is 9.59 Å². The number of unbranched alkanes of at least 4 members (excludes halogenated alkanes) is 1. The van der Waals surface area contributed by atoms with Crippen LogP contribution in [0.5, 0.6) is 0 Å². The van der Waals surface area contributed by atoms with Crippen molar-refractivity contribution < 1.29 is 19.2 Å². The minimum absolute atomic E-state index is 0.115. The highest BCUT2D eigenvalue weighted by atomic mass is 32.2. The lowest BCUT2D eigenvalue weighted by molar-refractivity contribution is -0.126. The van der Waals surface area contributed by atoms with Crippen molar-refractivity contribution in [2.24, 2.45) is 16.1 Å². The number of nitrogens with zero attached hydrogens (tertiary/aromatic N) is 2. The summed E-state index contributed by atoms with van der Waals surface area (Å²) in [6.45, 7) is 12.9. The van der Waals surface area contributed by atoms with Crippen molar-refractivity contribution in [2.45, 2.75) is 84.3 Å². The lowest BCUT2D eigenvalue weighted by Gasteiger charge is -2.28. The molecule has 1 aliphatic heterocycles. The molecule has 1 amide bonds. The van der Waals surface area contributed by atoms with E-state index in [0.29, 0.717) is 25.6 Å². The Balaban J connectivity index is 0.00000249. The number of carbonyl (C=O) groups is 2. The van der Waals surface area contributed by atoms with Crippen molar-refractivity contribution in [3.63, 3.8) is 0 Å². The summed E-state index contributed by atoms with van der Waals surface area (Å²) in [7, 11) is 0. The fourth-order valence-electron chi connectivity index (χ4n) is 3.03. The summed E-state index contributed by atoms with van der Waals surface area (Å²) in [5, 5.41) is 10.1. The van der Waals surface area contributed by atoms with Crippen LogP contribution in [0.3, 0.4) is 0 Å². The van der Waals surface area contributed by atoms with Crippen LogP contribution in [0.1, 0.15) is 66.2 Å². The average molecular weight is 471 g/mol. The number of Topliss-reactive ketones (excluding diaryl/α,β-unsaturated/α-hetero) is 1. The molecular formula is C23H42N4O4S. The third kappa shape index (κ3) is 11.4. The molecule has 184 valence electrons. The number of hydrogen-bond acceptors (Lipinski definition) is 7. The number of hydrogen-bond donors (Lipinski definition) is 2. The molecule has 0 bridgehead atoms. The molecule has 1 saturated heterocycles. The van der Waals surface area contributed by atoms with Gasteiger partial charge in [0.05, 0.1) is 12.1 Å². The molecule has 2 unspecified atom stereocenters. The van der Waals surface area contributed by atoms with Gasteiger partial charge in [0.2, 0.25) is 17.5 Å². The number of oxime groups is 1. The van der Waals surface area contributed by atoms with E-state index < -0.39 is 11.8 Å². The minimum atomic E-state index is -0.760. The van der Waals surface area contributed by atoms with Gasteiger partial charge in [-0.15, -0.1) is 0 Å². The van der Waals surface area contributed by atoms with Gasteiger partial charge >= 0.3 is 0 Å². The van der Waals surface area contributed by atoms with E-state index in [2.05, 4.69) is 27.5 Å². The van der Waals surface area contributed by atoms with Crippen molar-refractivity contribution in [3.05, 3.63) is 0 Å². The highest BCUT2D eigenvalue weighted by Gasteiger charge is 2.29. The number of rotatable bonds is 14. The molecule has 32 heavy (non-hydrogen) atoms. The minimum Gasteiger partial charge on any atom is -0.394 e. The van der Waals surface area contributed by atoms with Crippen LogP contribution >= 0.6 is 11.8 Å². The molecule has 0 spiro atoms. The average Bonchev–Trinajstić information content (AvgIpc) is 3.64. The first kappa shape index (κ1) is 28.6. The summed E-state index contributed by atoms with van der Waals surface area (Å²) in [4.78, 5) is 34.3. The van der Waals surface area contributed by atoms with Crippen LogP contribution in [-0.2, 0) is 19.2 Å². The first-order valence-electron chi connectivity index (χ1n) is 12.0. The lowest BCUT2D eigenvalue weighted by Crippen LogP contribution is -2.54. The lowest BCUT2D eigenvalue weighted by atomic mass is 10.1. The second-order valence-corrected chi connectivity index (χ2v) is 9.02. The molecule has 0 radical (unpaired) electrons. The molecule has 1 heterocycles. The van der Waals surface area contributed by atoms with E-state index in [4.69, 9.17) is 9.57 Å². The Hall–Kier alpha value is -1.45. The van der Waals surface area contributed by atoms with Crippen LogP contribution in [0.4, 0.5) is 0 Å². The Kier molecular flexibility index (Phi) is 15.3. The number of ether oxygens (including phenoxy) is 1. The maximum absolute atomic E-state index is 12.9. The molecule has 2 N–H and O–H groups in total. The number of amidine groups is 1. The summed E-state index contributed by atoms with van der Waals surface area (Å²) in [6, 6.07) is -0.866.